The lowest BCUT2D eigenvalue weighted by Crippen LogP contribution is -2.13. The molecule has 2 aromatic carbocycles. The van der Waals surface area contributed by atoms with Gasteiger partial charge in [-0.15, -0.1) is 0 Å². The van der Waals surface area contributed by atoms with Gasteiger partial charge in [-0.3, -0.25) is 4.79 Å². The summed E-state index contributed by atoms with van der Waals surface area (Å²) in [5, 5.41) is 2.93. The summed E-state index contributed by atoms with van der Waals surface area (Å²) in [5.74, 6) is 0.929. The van der Waals surface area contributed by atoms with Crippen LogP contribution in [0.4, 0.5) is 5.69 Å². The number of para-hydroxylation sites is 1. The molecule has 0 saturated heterocycles. The average molecular weight is 297 g/mol. The molecule has 0 aliphatic rings. The van der Waals surface area contributed by atoms with Gasteiger partial charge in [0.2, 0.25) is 5.91 Å². The Kier molecular flexibility index (Phi) is 5.59. The number of hydrogen-bond acceptors (Lipinski definition) is 2. The number of hydrogen-bond donors (Lipinski definition) is 1. The number of ether oxygens (including phenoxy) is 1. The zero-order valence-electron chi connectivity index (χ0n) is 13.5. The summed E-state index contributed by atoms with van der Waals surface area (Å²) in [7, 11) is 0. The molecule has 116 valence electrons. The summed E-state index contributed by atoms with van der Waals surface area (Å²) >= 11 is 0. The molecular weight excluding hydrogens is 274 g/mol. The van der Waals surface area contributed by atoms with Crippen LogP contribution in [0.3, 0.4) is 0 Å². The Balaban J connectivity index is 1.76. The number of aryl methyl sites for hydroxylation is 3. The molecule has 0 unspecified atom stereocenters. The Morgan fingerprint density at radius 1 is 1.05 bits per heavy atom. The van der Waals surface area contributed by atoms with Crippen molar-refractivity contribution in [2.75, 3.05) is 11.9 Å². The quantitative estimate of drug-likeness (QED) is 0.802. The molecule has 0 aromatic heterocycles. The van der Waals surface area contributed by atoms with Crippen LogP contribution in [0.25, 0.3) is 0 Å². The second-order valence-electron chi connectivity index (χ2n) is 5.58. The van der Waals surface area contributed by atoms with E-state index in [1.807, 2.05) is 51.1 Å². The van der Waals surface area contributed by atoms with E-state index in [9.17, 15) is 4.79 Å². The van der Waals surface area contributed by atoms with E-state index in [2.05, 4.69) is 17.4 Å². The van der Waals surface area contributed by atoms with Crippen molar-refractivity contribution in [2.45, 2.75) is 33.6 Å². The molecule has 3 nitrogen and oxygen atoms in total. The Labute approximate surface area is 132 Å². The highest BCUT2D eigenvalue weighted by atomic mass is 16.5. The van der Waals surface area contributed by atoms with E-state index < -0.39 is 0 Å². The second kappa shape index (κ2) is 7.64. The normalized spacial score (nSPS) is 10.3. The van der Waals surface area contributed by atoms with Crippen molar-refractivity contribution in [2.24, 2.45) is 0 Å². The van der Waals surface area contributed by atoms with Gasteiger partial charge >= 0.3 is 0 Å². The molecule has 1 amide bonds. The monoisotopic (exact) mass is 297 g/mol. The van der Waals surface area contributed by atoms with Crippen LogP contribution in [0, 0.1) is 20.8 Å². The maximum absolute atomic E-state index is 11.9. The van der Waals surface area contributed by atoms with Crippen LogP contribution in [0.5, 0.6) is 5.75 Å². The molecule has 0 fully saturated rings. The predicted molar refractivity (Wildman–Crippen MR) is 90.5 cm³/mol. The molecule has 0 radical (unpaired) electrons. The molecule has 3 heteroatoms. The molecule has 0 heterocycles. The summed E-state index contributed by atoms with van der Waals surface area (Å²) in [6.07, 6.45) is 1.16. The molecule has 0 spiro atoms. The number of carbonyl (C=O) groups is 1. The lowest BCUT2D eigenvalue weighted by molar-refractivity contribution is -0.116. The third-order valence-corrected chi connectivity index (χ3v) is 3.57. The van der Waals surface area contributed by atoms with E-state index >= 15 is 0 Å². The lowest BCUT2D eigenvalue weighted by atomic mass is 10.1. The highest BCUT2D eigenvalue weighted by Gasteiger charge is 2.05. The number of anilines is 1. The average Bonchev–Trinajstić information content (AvgIpc) is 2.49. The first kappa shape index (κ1) is 16.1. The number of carbonyl (C=O) groups excluding carboxylic acids is 1. The van der Waals surface area contributed by atoms with Crippen LogP contribution in [0.2, 0.25) is 0 Å². The van der Waals surface area contributed by atoms with Gasteiger partial charge in [-0.2, -0.15) is 0 Å². The van der Waals surface area contributed by atoms with Gasteiger partial charge in [0.15, 0.2) is 0 Å². The summed E-state index contributed by atoms with van der Waals surface area (Å²) in [5.41, 5.74) is 4.25. The molecular formula is C19H23NO2. The van der Waals surface area contributed by atoms with Gasteiger partial charge in [0.1, 0.15) is 5.75 Å². The minimum absolute atomic E-state index is 0.0267. The van der Waals surface area contributed by atoms with Gasteiger partial charge in [0, 0.05) is 12.1 Å². The van der Waals surface area contributed by atoms with Crippen LogP contribution in [0.1, 0.15) is 29.5 Å². The maximum Gasteiger partial charge on any atom is 0.224 e. The standard InChI is InChI=1S/C19H23NO2/c1-14-10-11-16(3)18(13-14)22-12-6-9-19(21)20-17-8-5-4-7-15(17)2/h4-5,7-8,10-11,13H,6,9,12H2,1-3H3,(H,20,21). The van der Waals surface area contributed by atoms with Crippen LogP contribution in [-0.4, -0.2) is 12.5 Å². The van der Waals surface area contributed by atoms with Gasteiger partial charge in [-0.1, -0.05) is 30.3 Å². The zero-order chi connectivity index (χ0) is 15.9. The van der Waals surface area contributed by atoms with Gasteiger partial charge < -0.3 is 10.1 Å². The van der Waals surface area contributed by atoms with E-state index in [0.29, 0.717) is 19.4 Å². The highest BCUT2D eigenvalue weighted by Crippen LogP contribution is 2.19. The molecule has 0 bridgehead atoms. The van der Waals surface area contributed by atoms with Crippen molar-refractivity contribution >= 4 is 11.6 Å². The Bertz CT molecular complexity index is 650. The third-order valence-electron chi connectivity index (χ3n) is 3.57. The third kappa shape index (κ3) is 4.62. The molecule has 2 rings (SSSR count). The van der Waals surface area contributed by atoms with Crippen molar-refractivity contribution in [1.82, 2.24) is 0 Å². The molecule has 0 saturated carbocycles. The minimum Gasteiger partial charge on any atom is -0.493 e. The first-order valence-corrected chi connectivity index (χ1v) is 7.62. The van der Waals surface area contributed by atoms with Crippen molar-refractivity contribution in [3.63, 3.8) is 0 Å². The van der Waals surface area contributed by atoms with Crippen LogP contribution in [-0.2, 0) is 4.79 Å². The van der Waals surface area contributed by atoms with E-state index in [1.54, 1.807) is 0 Å². The van der Waals surface area contributed by atoms with E-state index in [-0.39, 0.29) is 5.91 Å². The fourth-order valence-electron chi connectivity index (χ4n) is 2.20. The summed E-state index contributed by atoms with van der Waals surface area (Å²) in [6, 6.07) is 13.9. The largest absolute Gasteiger partial charge is 0.493 e. The Morgan fingerprint density at radius 3 is 2.59 bits per heavy atom. The lowest BCUT2D eigenvalue weighted by Gasteiger charge is -2.10. The summed E-state index contributed by atoms with van der Waals surface area (Å²) < 4.78 is 5.76. The first-order chi connectivity index (χ1) is 10.6. The minimum atomic E-state index is 0.0267. The van der Waals surface area contributed by atoms with Crippen LogP contribution in [0.15, 0.2) is 42.5 Å². The molecule has 2 aromatic rings. The maximum atomic E-state index is 11.9. The number of rotatable bonds is 6. The number of nitrogens with one attached hydrogen (secondary N) is 1. The van der Waals surface area contributed by atoms with E-state index in [4.69, 9.17) is 4.74 Å². The van der Waals surface area contributed by atoms with Crippen LogP contribution >= 0.6 is 0 Å². The zero-order valence-corrected chi connectivity index (χ0v) is 13.5. The highest BCUT2D eigenvalue weighted by molar-refractivity contribution is 5.91. The van der Waals surface area contributed by atoms with Crippen LogP contribution < -0.4 is 10.1 Å². The van der Waals surface area contributed by atoms with Gasteiger partial charge in [-0.05, 0) is 56.0 Å². The fourth-order valence-corrected chi connectivity index (χ4v) is 2.20. The summed E-state index contributed by atoms with van der Waals surface area (Å²) in [6.45, 7) is 6.60. The van der Waals surface area contributed by atoms with Gasteiger partial charge in [0.05, 0.1) is 6.61 Å². The van der Waals surface area contributed by atoms with Crippen molar-refractivity contribution in [3.05, 3.63) is 59.2 Å². The number of benzene rings is 2. The smallest absolute Gasteiger partial charge is 0.224 e. The van der Waals surface area contributed by atoms with Gasteiger partial charge in [0.25, 0.3) is 0 Å². The predicted octanol–water partition coefficient (Wildman–Crippen LogP) is 4.41. The second-order valence-corrected chi connectivity index (χ2v) is 5.58. The van der Waals surface area contributed by atoms with Crippen molar-refractivity contribution in [3.8, 4) is 5.75 Å². The SMILES string of the molecule is Cc1ccc(C)c(OCCCC(=O)Nc2ccccc2C)c1. The Morgan fingerprint density at radius 2 is 1.82 bits per heavy atom. The molecule has 22 heavy (non-hydrogen) atoms. The van der Waals surface area contributed by atoms with Crippen molar-refractivity contribution < 1.29 is 9.53 Å². The topological polar surface area (TPSA) is 38.3 Å². The molecule has 0 aliphatic carbocycles. The Hall–Kier alpha value is -2.29. The van der Waals surface area contributed by atoms with E-state index in [0.717, 1.165) is 22.6 Å². The summed E-state index contributed by atoms with van der Waals surface area (Å²) in [4.78, 5) is 11.9. The molecule has 0 aliphatic heterocycles. The number of amides is 1. The first-order valence-electron chi connectivity index (χ1n) is 7.62. The molecule has 0 atom stereocenters. The van der Waals surface area contributed by atoms with Gasteiger partial charge in [-0.25, -0.2) is 0 Å². The van der Waals surface area contributed by atoms with Crippen molar-refractivity contribution in [1.29, 1.82) is 0 Å². The molecule has 1 N–H and O–H groups in total. The fraction of sp³-hybridized carbons (Fsp3) is 0.316. The van der Waals surface area contributed by atoms with E-state index in [1.165, 1.54) is 5.56 Å².